The van der Waals surface area contributed by atoms with Gasteiger partial charge >= 0.3 is 12.1 Å². The molecule has 0 saturated heterocycles. The van der Waals surface area contributed by atoms with Gasteiger partial charge in [-0.25, -0.2) is 9.59 Å². The Kier molecular flexibility index (Phi) is 23.9. The molecule has 0 aliphatic rings. The van der Waals surface area contributed by atoms with Crippen LogP contribution >= 0.6 is 0 Å². The van der Waals surface area contributed by atoms with Gasteiger partial charge < -0.3 is 30.7 Å². The molecule has 4 N–H and O–H groups in total. The summed E-state index contributed by atoms with van der Waals surface area (Å²) in [6.45, 7) is 31.4. The standard InChI is InChI=1S/C47H86N4O9/c1-17-18-19-23-35(39(55)41(57)59-46(11,12)13)50-40(56)32(22-20-21-28-48-42(58)60-47(14,15)16)29-34(52)31-49-37(53)25-24-36(45(8,9)10)51-38(54)30-33(44(5,6)7)26-27-43(2,3)4/h32-33,35-36H,17-31H2,1-16H3,(H,48,58)(H,49,53)(H,50,56)(H,51,54)/t32?,33?,35-,36?/m0/s1. The summed E-state index contributed by atoms with van der Waals surface area (Å²) in [6.07, 6.45) is 5.73. The van der Waals surface area contributed by atoms with Crippen LogP contribution in [0.3, 0.4) is 0 Å². The number of rotatable bonds is 25. The van der Waals surface area contributed by atoms with E-state index in [1.807, 2.05) is 27.7 Å². The van der Waals surface area contributed by atoms with Gasteiger partial charge in [0.25, 0.3) is 5.78 Å². The molecule has 13 heteroatoms. The molecule has 0 aliphatic heterocycles. The number of carbonyl (C=O) groups excluding carboxylic acids is 7. The Morgan fingerprint density at radius 1 is 0.583 bits per heavy atom. The third-order valence-electron chi connectivity index (χ3n) is 10.2. The summed E-state index contributed by atoms with van der Waals surface area (Å²) in [5.41, 5.74) is -1.76. The van der Waals surface area contributed by atoms with Crippen molar-refractivity contribution in [1.82, 2.24) is 21.3 Å². The second-order valence-electron chi connectivity index (χ2n) is 22.0. The first-order valence-corrected chi connectivity index (χ1v) is 22.4. The van der Waals surface area contributed by atoms with Crippen LogP contribution in [0.25, 0.3) is 0 Å². The van der Waals surface area contributed by atoms with Crippen molar-refractivity contribution < 1.29 is 43.0 Å². The van der Waals surface area contributed by atoms with Crippen molar-refractivity contribution in [3.8, 4) is 0 Å². The number of nitrogens with one attached hydrogen (secondary N) is 4. The fraction of sp³-hybridized carbons (Fsp3) is 0.851. The van der Waals surface area contributed by atoms with Crippen molar-refractivity contribution >= 4 is 41.4 Å². The predicted molar refractivity (Wildman–Crippen MR) is 238 cm³/mol. The highest BCUT2D eigenvalue weighted by molar-refractivity contribution is 6.36. The molecule has 0 spiro atoms. The molecular weight excluding hydrogens is 765 g/mol. The molecule has 0 saturated carbocycles. The minimum Gasteiger partial charge on any atom is -0.454 e. The quantitative estimate of drug-likeness (QED) is 0.0397. The Labute approximate surface area is 363 Å². The number of ether oxygens (including phenoxy) is 2. The van der Waals surface area contributed by atoms with E-state index in [0.29, 0.717) is 32.1 Å². The van der Waals surface area contributed by atoms with Crippen molar-refractivity contribution in [1.29, 1.82) is 0 Å². The monoisotopic (exact) mass is 851 g/mol. The fourth-order valence-corrected chi connectivity index (χ4v) is 6.53. The Morgan fingerprint density at radius 3 is 1.68 bits per heavy atom. The Hall–Kier alpha value is -3.51. The SMILES string of the molecule is CCCCC[C@H](NC(=O)C(CCCCNC(=O)OC(C)(C)C)CC(=O)CNC(=O)CCC(NC(=O)CC(CCC(C)(C)C)C(C)(C)C)C(C)(C)C)C(=O)C(=O)OC(C)(C)C. The summed E-state index contributed by atoms with van der Waals surface area (Å²) < 4.78 is 10.6. The molecule has 0 aromatic heterocycles. The fourth-order valence-electron chi connectivity index (χ4n) is 6.53. The first-order valence-electron chi connectivity index (χ1n) is 22.4. The van der Waals surface area contributed by atoms with Gasteiger partial charge in [-0.2, -0.15) is 0 Å². The Bertz CT molecular complexity index is 1390. The lowest BCUT2D eigenvalue weighted by atomic mass is 9.73. The summed E-state index contributed by atoms with van der Waals surface area (Å²) in [6, 6.07) is -1.40. The highest BCUT2D eigenvalue weighted by atomic mass is 16.6. The molecule has 0 fully saturated rings. The van der Waals surface area contributed by atoms with Gasteiger partial charge in [0.15, 0.2) is 5.78 Å². The first-order chi connectivity index (χ1) is 27.2. The topological polar surface area (TPSA) is 186 Å². The molecular formula is C47H86N4O9. The maximum Gasteiger partial charge on any atom is 0.407 e. The number of Topliss-reactive ketones (excluding diaryl/α,β-unsaturated/α-hetero) is 2. The molecule has 13 nitrogen and oxygen atoms in total. The van der Waals surface area contributed by atoms with E-state index in [-0.39, 0.29) is 84.6 Å². The molecule has 0 aliphatic carbocycles. The number of alkyl carbamates (subject to hydrolysis) is 1. The number of hydrogen-bond acceptors (Lipinski definition) is 9. The Balaban J connectivity index is 5.77. The average molecular weight is 851 g/mol. The average Bonchev–Trinajstić information content (AvgIpc) is 3.06. The second kappa shape index (κ2) is 25.4. The predicted octanol–water partition coefficient (Wildman–Crippen LogP) is 8.54. The van der Waals surface area contributed by atoms with E-state index in [4.69, 9.17) is 9.47 Å². The number of hydrogen-bond donors (Lipinski definition) is 4. The lowest BCUT2D eigenvalue weighted by Gasteiger charge is -2.35. The molecule has 4 atom stereocenters. The van der Waals surface area contributed by atoms with Crippen molar-refractivity contribution in [3.05, 3.63) is 0 Å². The van der Waals surface area contributed by atoms with E-state index in [9.17, 15) is 33.6 Å². The van der Waals surface area contributed by atoms with E-state index in [1.165, 1.54) is 0 Å². The highest BCUT2D eigenvalue weighted by Crippen LogP contribution is 2.36. The molecule has 0 bridgehead atoms. The van der Waals surface area contributed by atoms with Gasteiger partial charge in [0, 0.05) is 37.8 Å². The van der Waals surface area contributed by atoms with Crippen molar-refractivity contribution in [2.75, 3.05) is 13.1 Å². The van der Waals surface area contributed by atoms with E-state index in [1.54, 1.807) is 41.5 Å². The van der Waals surface area contributed by atoms with E-state index in [0.717, 1.165) is 25.7 Å². The highest BCUT2D eigenvalue weighted by Gasteiger charge is 2.34. The van der Waals surface area contributed by atoms with Crippen LogP contribution in [-0.2, 0) is 38.2 Å². The van der Waals surface area contributed by atoms with E-state index in [2.05, 4.69) is 62.8 Å². The van der Waals surface area contributed by atoms with Gasteiger partial charge in [0.1, 0.15) is 11.2 Å². The maximum absolute atomic E-state index is 13.8. The van der Waals surface area contributed by atoms with Gasteiger partial charge in [-0.05, 0) is 102 Å². The first kappa shape index (κ1) is 56.5. The minimum atomic E-state index is -1.12. The van der Waals surface area contributed by atoms with Crippen molar-refractivity contribution in [3.63, 3.8) is 0 Å². The number of unbranched alkanes of at least 4 members (excludes halogenated alkanes) is 3. The van der Waals surface area contributed by atoms with Crippen molar-refractivity contribution in [2.45, 2.75) is 218 Å². The smallest absolute Gasteiger partial charge is 0.407 e. The largest absolute Gasteiger partial charge is 0.454 e. The number of amides is 4. The van der Waals surface area contributed by atoms with Gasteiger partial charge in [-0.15, -0.1) is 0 Å². The van der Waals surface area contributed by atoms with Gasteiger partial charge in [-0.3, -0.25) is 24.0 Å². The molecule has 348 valence electrons. The zero-order valence-corrected chi connectivity index (χ0v) is 40.6. The number of ketones is 2. The maximum atomic E-state index is 13.8. The van der Waals surface area contributed by atoms with E-state index >= 15 is 0 Å². The van der Waals surface area contributed by atoms with Crippen LogP contribution in [0.1, 0.15) is 194 Å². The van der Waals surface area contributed by atoms with Gasteiger partial charge in [0.2, 0.25) is 17.7 Å². The van der Waals surface area contributed by atoms with Gasteiger partial charge in [-0.1, -0.05) is 94.9 Å². The van der Waals surface area contributed by atoms with Crippen molar-refractivity contribution in [2.24, 2.45) is 28.1 Å². The number of esters is 1. The van der Waals surface area contributed by atoms with Crippen LogP contribution in [0.5, 0.6) is 0 Å². The summed E-state index contributed by atoms with van der Waals surface area (Å²) in [7, 11) is 0. The van der Waals surface area contributed by atoms with Crippen LogP contribution in [-0.4, -0.2) is 77.7 Å². The normalized spacial score (nSPS) is 14.5. The molecule has 4 amide bonds. The number of carbonyl (C=O) groups is 7. The lowest BCUT2D eigenvalue weighted by Crippen LogP contribution is -2.48. The molecule has 3 unspecified atom stereocenters. The zero-order valence-electron chi connectivity index (χ0n) is 40.6. The summed E-state index contributed by atoms with van der Waals surface area (Å²) in [4.78, 5) is 91.7. The van der Waals surface area contributed by atoms with Crippen LogP contribution < -0.4 is 21.3 Å². The summed E-state index contributed by atoms with van der Waals surface area (Å²) >= 11 is 0. The van der Waals surface area contributed by atoms with Gasteiger partial charge in [0.05, 0.1) is 12.6 Å². The molecule has 0 radical (unpaired) electrons. The zero-order chi connectivity index (χ0) is 46.7. The molecule has 0 aromatic rings. The van der Waals surface area contributed by atoms with Crippen LogP contribution in [0.15, 0.2) is 0 Å². The third-order valence-corrected chi connectivity index (χ3v) is 10.2. The van der Waals surface area contributed by atoms with E-state index < -0.39 is 46.9 Å². The third kappa shape index (κ3) is 27.4. The molecule has 0 aromatic carbocycles. The van der Waals surface area contributed by atoms with Crippen LogP contribution in [0, 0.1) is 28.1 Å². The molecule has 60 heavy (non-hydrogen) atoms. The summed E-state index contributed by atoms with van der Waals surface area (Å²) in [5, 5.41) is 11.3. The van der Waals surface area contributed by atoms with Crippen LogP contribution in [0.2, 0.25) is 0 Å². The lowest BCUT2D eigenvalue weighted by molar-refractivity contribution is -0.163. The molecule has 0 rings (SSSR count). The Morgan fingerprint density at radius 2 is 1.17 bits per heavy atom. The molecule has 0 heterocycles. The minimum absolute atomic E-state index is 0.0373. The van der Waals surface area contributed by atoms with Crippen LogP contribution in [0.4, 0.5) is 4.79 Å². The second-order valence-corrected chi connectivity index (χ2v) is 22.0. The summed E-state index contributed by atoms with van der Waals surface area (Å²) in [5.74, 6) is -3.87.